The molecular formula is C17H30N2O2+2. The predicted octanol–water partition coefficient (Wildman–Crippen LogP) is -1.15. The Kier molecular flexibility index (Phi) is 6.03. The Morgan fingerprint density at radius 1 is 1.14 bits per heavy atom. The molecule has 1 aromatic rings. The van der Waals surface area contributed by atoms with Crippen molar-refractivity contribution >= 4 is 0 Å². The van der Waals surface area contributed by atoms with Gasteiger partial charge in [0.1, 0.15) is 51.2 Å². The smallest absolute Gasteiger partial charge is 0.137 e. The fourth-order valence-electron chi connectivity index (χ4n) is 2.96. The minimum atomic E-state index is -0.386. The van der Waals surface area contributed by atoms with Gasteiger partial charge in [0.25, 0.3) is 0 Å². The summed E-state index contributed by atoms with van der Waals surface area (Å²) < 4.78 is 5.79. The number of quaternary nitrogens is 2. The first-order valence-electron chi connectivity index (χ1n) is 8.13. The highest BCUT2D eigenvalue weighted by atomic mass is 16.5. The number of rotatable bonds is 6. The first-order valence-corrected chi connectivity index (χ1v) is 8.13. The van der Waals surface area contributed by atoms with Crippen molar-refractivity contribution in [3.8, 4) is 5.75 Å². The van der Waals surface area contributed by atoms with E-state index in [0.717, 1.165) is 30.9 Å². The van der Waals surface area contributed by atoms with Crippen molar-refractivity contribution in [3.05, 3.63) is 29.3 Å². The monoisotopic (exact) mass is 294 g/mol. The number of ether oxygens (including phenoxy) is 1. The molecule has 1 fully saturated rings. The predicted molar refractivity (Wildman–Crippen MR) is 84.2 cm³/mol. The van der Waals surface area contributed by atoms with E-state index in [1.807, 2.05) is 13.0 Å². The Labute approximate surface area is 128 Å². The maximum atomic E-state index is 10.2. The second-order valence-corrected chi connectivity index (χ2v) is 6.29. The van der Waals surface area contributed by atoms with Gasteiger partial charge in [0, 0.05) is 0 Å². The Balaban J connectivity index is 1.75. The number of nitrogens with one attached hydrogen (secondary N) is 2. The highest BCUT2D eigenvalue weighted by Gasteiger charge is 2.24. The first-order chi connectivity index (χ1) is 10.1. The summed E-state index contributed by atoms with van der Waals surface area (Å²) in [5, 5.41) is 10.2. The van der Waals surface area contributed by atoms with Gasteiger partial charge in [-0.15, -0.1) is 0 Å². The average molecular weight is 294 g/mol. The number of hydrogen-bond acceptors (Lipinski definition) is 2. The molecule has 4 heteroatoms. The van der Waals surface area contributed by atoms with Crippen molar-refractivity contribution in [2.75, 3.05) is 45.9 Å². The maximum absolute atomic E-state index is 10.2. The fraction of sp³-hybridized carbons (Fsp3) is 0.647. The van der Waals surface area contributed by atoms with E-state index in [0.29, 0.717) is 6.61 Å². The standard InChI is InChI=1S/C17H28N2O2/c1-4-18-7-9-19(10-8-18)12-16(20)13-21-17-11-14(2)5-6-15(17)3/h5-6,11,16,20H,4,7-10,12-13H2,1-3H3/p+2/t16-/m0/s1. The minimum absolute atomic E-state index is 0.386. The highest BCUT2D eigenvalue weighted by molar-refractivity contribution is 5.35. The summed E-state index contributed by atoms with van der Waals surface area (Å²) in [6, 6.07) is 6.19. The van der Waals surface area contributed by atoms with E-state index in [4.69, 9.17) is 4.74 Å². The van der Waals surface area contributed by atoms with Gasteiger partial charge in [-0.05, 0) is 38.0 Å². The van der Waals surface area contributed by atoms with E-state index >= 15 is 0 Å². The van der Waals surface area contributed by atoms with Crippen molar-refractivity contribution in [1.82, 2.24) is 0 Å². The first kappa shape index (κ1) is 16.3. The SMILES string of the molecule is CC[NH+]1CC[NH+](C[C@H](O)COc2cc(C)ccc2C)CC1. The van der Waals surface area contributed by atoms with Gasteiger partial charge in [0.05, 0.1) is 6.54 Å². The molecule has 1 heterocycles. The third-order valence-corrected chi connectivity index (χ3v) is 4.46. The molecule has 0 spiro atoms. The molecule has 0 aromatic heterocycles. The summed E-state index contributed by atoms with van der Waals surface area (Å²) in [5.74, 6) is 0.893. The largest absolute Gasteiger partial charge is 0.490 e. The van der Waals surface area contributed by atoms with E-state index in [1.165, 1.54) is 30.1 Å². The van der Waals surface area contributed by atoms with Crippen LogP contribution < -0.4 is 14.5 Å². The molecular weight excluding hydrogens is 264 g/mol. The quantitative estimate of drug-likeness (QED) is 0.620. The van der Waals surface area contributed by atoms with E-state index in [1.54, 1.807) is 4.90 Å². The van der Waals surface area contributed by atoms with Crippen molar-refractivity contribution in [2.24, 2.45) is 0 Å². The number of aliphatic hydroxyl groups is 1. The molecule has 21 heavy (non-hydrogen) atoms. The van der Waals surface area contributed by atoms with Crippen LogP contribution in [0.5, 0.6) is 5.75 Å². The minimum Gasteiger partial charge on any atom is -0.490 e. The summed E-state index contributed by atoms with van der Waals surface area (Å²) in [6.45, 7) is 13.5. The molecule has 1 atom stereocenters. The Bertz CT molecular complexity index is 442. The molecule has 1 saturated heterocycles. The van der Waals surface area contributed by atoms with Crippen LogP contribution in [0.4, 0.5) is 0 Å². The van der Waals surface area contributed by atoms with Crippen LogP contribution in [0.15, 0.2) is 18.2 Å². The Morgan fingerprint density at radius 3 is 2.48 bits per heavy atom. The van der Waals surface area contributed by atoms with Gasteiger partial charge >= 0.3 is 0 Å². The number of benzene rings is 1. The summed E-state index contributed by atoms with van der Waals surface area (Å²) in [7, 11) is 0. The number of aryl methyl sites for hydroxylation is 2. The molecule has 118 valence electrons. The molecule has 0 bridgehead atoms. The lowest BCUT2D eigenvalue weighted by molar-refractivity contribution is -1.01. The molecule has 1 aliphatic heterocycles. The highest BCUT2D eigenvalue weighted by Crippen LogP contribution is 2.19. The summed E-state index contributed by atoms with van der Waals surface area (Å²) in [5.41, 5.74) is 2.31. The second-order valence-electron chi connectivity index (χ2n) is 6.29. The molecule has 1 aromatic carbocycles. The molecule has 2 rings (SSSR count). The fourth-order valence-corrected chi connectivity index (χ4v) is 2.96. The molecule has 0 radical (unpaired) electrons. The maximum Gasteiger partial charge on any atom is 0.137 e. The van der Waals surface area contributed by atoms with Crippen molar-refractivity contribution in [2.45, 2.75) is 26.9 Å². The molecule has 3 N–H and O–H groups in total. The van der Waals surface area contributed by atoms with E-state index in [2.05, 4.69) is 26.0 Å². The van der Waals surface area contributed by atoms with Crippen LogP contribution in [-0.4, -0.2) is 57.1 Å². The zero-order valence-electron chi connectivity index (χ0n) is 13.6. The number of aliphatic hydroxyl groups excluding tert-OH is 1. The molecule has 0 aliphatic carbocycles. The van der Waals surface area contributed by atoms with Crippen LogP contribution in [-0.2, 0) is 0 Å². The van der Waals surface area contributed by atoms with Gasteiger partial charge in [-0.1, -0.05) is 12.1 Å². The third kappa shape index (κ3) is 4.99. The molecule has 0 unspecified atom stereocenters. The Morgan fingerprint density at radius 2 is 1.81 bits per heavy atom. The van der Waals surface area contributed by atoms with Gasteiger partial charge in [-0.3, -0.25) is 0 Å². The zero-order chi connectivity index (χ0) is 15.2. The van der Waals surface area contributed by atoms with Crippen LogP contribution in [0.3, 0.4) is 0 Å². The van der Waals surface area contributed by atoms with Crippen molar-refractivity contribution in [3.63, 3.8) is 0 Å². The lowest BCUT2D eigenvalue weighted by Crippen LogP contribution is -3.28. The number of hydrogen-bond donors (Lipinski definition) is 3. The van der Waals surface area contributed by atoms with Crippen LogP contribution in [0.2, 0.25) is 0 Å². The van der Waals surface area contributed by atoms with Gasteiger partial charge < -0.3 is 19.6 Å². The van der Waals surface area contributed by atoms with Gasteiger partial charge in [-0.25, -0.2) is 0 Å². The lowest BCUT2D eigenvalue weighted by Gasteiger charge is -2.30. The van der Waals surface area contributed by atoms with Crippen molar-refractivity contribution in [1.29, 1.82) is 0 Å². The van der Waals surface area contributed by atoms with Gasteiger partial charge in [0.15, 0.2) is 0 Å². The van der Waals surface area contributed by atoms with Crippen LogP contribution >= 0.6 is 0 Å². The summed E-state index contributed by atoms with van der Waals surface area (Å²) >= 11 is 0. The van der Waals surface area contributed by atoms with E-state index in [9.17, 15) is 5.11 Å². The topological polar surface area (TPSA) is 38.3 Å². The average Bonchev–Trinajstić information content (AvgIpc) is 2.49. The summed E-state index contributed by atoms with van der Waals surface area (Å²) in [4.78, 5) is 3.18. The second kappa shape index (κ2) is 7.78. The van der Waals surface area contributed by atoms with Crippen LogP contribution in [0.25, 0.3) is 0 Å². The molecule has 4 nitrogen and oxygen atoms in total. The van der Waals surface area contributed by atoms with Crippen LogP contribution in [0.1, 0.15) is 18.1 Å². The Hall–Kier alpha value is -1.10. The molecule has 1 aliphatic rings. The number of piperazine rings is 1. The third-order valence-electron chi connectivity index (χ3n) is 4.46. The number of likely N-dealkylation sites (N-methyl/N-ethyl adjacent to an activating group) is 1. The van der Waals surface area contributed by atoms with Gasteiger partial charge in [-0.2, -0.15) is 0 Å². The van der Waals surface area contributed by atoms with Crippen LogP contribution in [0, 0.1) is 13.8 Å². The molecule has 0 saturated carbocycles. The normalized spacial score (nSPS) is 23.8. The van der Waals surface area contributed by atoms with Gasteiger partial charge in [0.2, 0.25) is 0 Å². The van der Waals surface area contributed by atoms with Crippen molar-refractivity contribution < 1.29 is 19.6 Å². The molecule has 0 amide bonds. The zero-order valence-corrected chi connectivity index (χ0v) is 13.6. The summed E-state index contributed by atoms with van der Waals surface area (Å²) in [6.07, 6.45) is -0.386. The van der Waals surface area contributed by atoms with E-state index < -0.39 is 0 Å². The lowest BCUT2D eigenvalue weighted by atomic mass is 10.1. The van der Waals surface area contributed by atoms with E-state index in [-0.39, 0.29) is 6.10 Å².